The van der Waals surface area contributed by atoms with Crippen molar-refractivity contribution in [1.82, 2.24) is 15.1 Å². The average Bonchev–Trinajstić information content (AvgIpc) is 2.81. The molecule has 2 aromatic rings. The summed E-state index contributed by atoms with van der Waals surface area (Å²) in [5.74, 6) is 0. The van der Waals surface area contributed by atoms with Crippen LogP contribution >= 0.6 is 23.2 Å². The summed E-state index contributed by atoms with van der Waals surface area (Å²) in [4.78, 5) is 0. The van der Waals surface area contributed by atoms with Gasteiger partial charge < -0.3 is 5.32 Å². The highest BCUT2D eigenvalue weighted by molar-refractivity contribution is 6.36. The first kappa shape index (κ1) is 15.4. The molecule has 0 bridgehead atoms. The standard InChI is InChI=1S/C15H19Cl2N3/c1-3-18-14(8-7-11-9-10-19-20(11)2)15-12(16)5-4-6-13(15)17/h4-6,9-10,14,18H,3,7-8H2,1-2H3. The zero-order chi connectivity index (χ0) is 14.5. The Hall–Kier alpha value is -1.03. The zero-order valence-electron chi connectivity index (χ0n) is 11.7. The predicted octanol–water partition coefficient (Wildman–Crippen LogP) is 4.01. The van der Waals surface area contributed by atoms with E-state index in [4.69, 9.17) is 23.2 Å². The lowest BCUT2D eigenvalue weighted by Crippen LogP contribution is -2.22. The molecule has 108 valence electrons. The van der Waals surface area contributed by atoms with Crippen LogP contribution in [-0.2, 0) is 13.5 Å². The normalized spacial score (nSPS) is 12.6. The van der Waals surface area contributed by atoms with Crippen molar-refractivity contribution in [3.8, 4) is 0 Å². The summed E-state index contributed by atoms with van der Waals surface area (Å²) in [7, 11) is 1.96. The van der Waals surface area contributed by atoms with Crippen molar-refractivity contribution < 1.29 is 0 Å². The molecule has 1 aromatic heterocycles. The molecule has 5 heteroatoms. The number of hydrogen-bond acceptors (Lipinski definition) is 2. The molecule has 0 amide bonds. The van der Waals surface area contributed by atoms with Gasteiger partial charge in [0.2, 0.25) is 0 Å². The Balaban J connectivity index is 2.17. The van der Waals surface area contributed by atoms with E-state index >= 15 is 0 Å². The molecule has 0 aliphatic rings. The lowest BCUT2D eigenvalue weighted by molar-refractivity contribution is 0.506. The molecular weight excluding hydrogens is 293 g/mol. The van der Waals surface area contributed by atoms with E-state index in [0.717, 1.165) is 24.9 Å². The van der Waals surface area contributed by atoms with E-state index < -0.39 is 0 Å². The summed E-state index contributed by atoms with van der Waals surface area (Å²) in [6.07, 6.45) is 3.67. The molecule has 0 saturated heterocycles. The first-order chi connectivity index (χ1) is 9.63. The summed E-state index contributed by atoms with van der Waals surface area (Å²) in [5.41, 5.74) is 2.19. The summed E-state index contributed by atoms with van der Waals surface area (Å²) in [6, 6.07) is 7.83. The molecule has 3 nitrogen and oxygen atoms in total. The van der Waals surface area contributed by atoms with Gasteiger partial charge in [-0.2, -0.15) is 5.10 Å². The maximum absolute atomic E-state index is 6.31. The number of hydrogen-bond donors (Lipinski definition) is 1. The second-order valence-corrected chi connectivity index (χ2v) is 5.54. The van der Waals surface area contributed by atoms with Gasteiger partial charge in [0.15, 0.2) is 0 Å². The third-order valence-electron chi connectivity index (χ3n) is 3.41. The van der Waals surface area contributed by atoms with E-state index in [1.165, 1.54) is 5.69 Å². The average molecular weight is 312 g/mol. The number of aromatic nitrogens is 2. The Morgan fingerprint density at radius 1 is 1.25 bits per heavy atom. The van der Waals surface area contributed by atoms with Crippen molar-refractivity contribution in [1.29, 1.82) is 0 Å². The zero-order valence-corrected chi connectivity index (χ0v) is 13.2. The molecule has 0 radical (unpaired) electrons. The van der Waals surface area contributed by atoms with Gasteiger partial charge in [-0.05, 0) is 37.6 Å². The van der Waals surface area contributed by atoms with Crippen molar-refractivity contribution >= 4 is 23.2 Å². The second-order valence-electron chi connectivity index (χ2n) is 4.73. The fourth-order valence-electron chi connectivity index (χ4n) is 2.38. The summed E-state index contributed by atoms with van der Waals surface area (Å²) in [6.45, 7) is 2.96. The Labute approximate surface area is 129 Å². The predicted molar refractivity (Wildman–Crippen MR) is 84.4 cm³/mol. The van der Waals surface area contributed by atoms with Gasteiger partial charge in [-0.1, -0.05) is 36.2 Å². The highest BCUT2D eigenvalue weighted by atomic mass is 35.5. The SMILES string of the molecule is CCNC(CCc1ccnn1C)c1c(Cl)cccc1Cl. The number of halogens is 2. The summed E-state index contributed by atoms with van der Waals surface area (Å²) >= 11 is 12.6. The molecule has 0 spiro atoms. The number of rotatable bonds is 6. The molecule has 20 heavy (non-hydrogen) atoms. The van der Waals surface area contributed by atoms with Gasteiger partial charge in [0.25, 0.3) is 0 Å². The quantitative estimate of drug-likeness (QED) is 0.873. The van der Waals surface area contributed by atoms with Crippen LogP contribution in [-0.4, -0.2) is 16.3 Å². The Bertz CT molecular complexity index is 546. The number of benzene rings is 1. The molecule has 0 aliphatic carbocycles. The molecule has 1 aromatic carbocycles. The van der Waals surface area contributed by atoms with Gasteiger partial charge in [0.1, 0.15) is 0 Å². The van der Waals surface area contributed by atoms with Crippen LogP contribution in [0.4, 0.5) is 0 Å². The summed E-state index contributed by atoms with van der Waals surface area (Å²) < 4.78 is 1.90. The van der Waals surface area contributed by atoms with Crippen LogP contribution in [0, 0.1) is 0 Å². The minimum absolute atomic E-state index is 0.149. The molecule has 1 unspecified atom stereocenters. The van der Waals surface area contributed by atoms with Crippen LogP contribution in [0.2, 0.25) is 10.0 Å². The van der Waals surface area contributed by atoms with Crippen LogP contribution in [0.1, 0.15) is 30.6 Å². The molecule has 0 aliphatic heterocycles. The Morgan fingerprint density at radius 3 is 2.50 bits per heavy atom. The van der Waals surface area contributed by atoms with Crippen molar-refractivity contribution in [3.05, 3.63) is 51.8 Å². The Morgan fingerprint density at radius 2 is 1.95 bits per heavy atom. The highest BCUT2D eigenvalue weighted by Gasteiger charge is 2.17. The van der Waals surface area contributed by atoms with Gasteiger partial charge in [-0.25, -0.2) is 0 Å². The van der Waals surface area contributed by atoms with Crippen molar-refractivity contribution in [2.24, 2.45) is 7.05 Å². The van der Waals surface area contributed by atoms with E-state index in [9.17, 15) is 0 Å². The maximum atomic E-state index is 6.31. The third kappa shape index (κ3) is 3.54. The van der Waals surface area contributed by atoms with Gasteiger partial charge in [0.05, 0.1) is 0 Å². The lowest BCUT2D eigenvalue weighted by atomic mass is 10.0. The van der Waals surface area contributed by atoms with Crippen LogP contribution < -0.4 is 5.32 Å². The molecule has 2 rings (SSSR count). The fourth-order valence-corrected chi connectivity index (χ4v) is 3.04. The monoisotopic (exact) mass is 311 g/mol. The number of aryl methyl sites for hydroxylation is 2. The highest BCUT2D eigenvalue weighted by Crippen LogP contribution is 2.32. The van der Waals surface area contributed by atoms with E-state index in [0.29, 0.717) is 10.0 Å². The van der Waals surface area contributed by atoms with E-state index in [2.05, 4.69) is 17.3 Å². The van der Waals surface area contributed by atoms with Crippen LogP contribution in [0.5, 0.6) is 0 Å². The second kappa shape index (κ2) is 7.11. The van der Waals surface area contributed by atoms with Crippen molar-refractivity contribution in [2.45, 2.75) is 25.8 Å². The molecule has 1 atom stereocenters. The van der Waals surface area contributed by atoms with E-state index in [1.54, 1.807) is 0 Å². The van der Waals surface area contributed by atoms with Crippen molar-refractivity contribution in [3.63, 3.8) is 0 Å². The molecular formula is C15H19Cl2N3. The lowest BCUT2D eigenvalue weighted by Gasteiger charge is -2.21. The van der Waals surface area contributed by atoms with Crippen LogP contribution in [0.15, 0.2) is 30.5 Å². The molecule has 0 fully saturated rings. The van der Waals surface area contributed by atoms with Gasteiger partial charge in [-0.15, -0.1) is 0 Å². The fraction of sp³-hybridized carbons (Fsp3) is 0.400. The topological polar surface area (TPSA) is 29.9 Å². The van der Waals surface area contributed by atoms with Crippen LogP contribution in [0.25, 0.3) is 0 Å². The van der Waals surface area contributed by atoms with E-state index in [1.807, 2.05) is 42.2 Å². The maximum Gasteiger partial charge on any atom is 0.0492 e. The van der Waals surface area contributed by atoms with Gasteiger partial charge in [0, 0.05) is 40.6 Å². The summed E-state index contributed by atoms with van der Waals surface area (Å²) in [5, 5.41) is 9.09. The minimum atomic E-state index is 0.149. The van der Waals surface area contributed by atoms with E-state index in [-0.39, 0.29) is 6.04 Å². The van der Waals surface area contributed by atoms with Gasteiger partial charge >= 0.3 is 0 Å². The smallest absolute Gasteiger partial charge is 0.0492 e. The first-order valence-corrected chi connectivity index (χ1v) is 7.53. The molecule has 1 heterocycles. The third-order valence-corrected chi connectivity index (χ3v) is 4.07. The largest absolute Gasteiger partial charge is 0.310 e. The Kier molecular flexibility index (Phi) is 5.46. The molecule has 1 N–H and O–H groups in total. The number of nitrogens with zero attached hydrogens (tertiary/aromatic N) is 2. The number of nitrogens with one attached hydrogen (secondary N) is 1. The molecule has 0 saturated carbocycles. The van der Waals surface area contributed by atoms with Crippen molar-refractivity contribution in [2.75, 3.05) is 6.54 Å². The minimum Gasteiger partial charge on any atom is -0.310 e. The first-order valence-electron chi connectivity index (χ1n) is 6.77. The van der Waals surface area contributed by atoms with Crippen LogP contribution in [0.3, 0.4) is 0 Å². The van der Waals surface area contributed by atoms with Gasteiger partial charge in [-0.3, -0.25) is 4.68 Å².